The molecule has 7 rings (SSSR count). The lowest BCUT2D eigenvalue weighted by molar-refractivity contribution is -0.134. The summed E-state index contributed by atoms with van der Waals surface area (Å²) < 4.78 is 22.6. The molecule has 9 nitrogen and oxygen atoms in total. The molecule has 9 heteroatoms. The molecule has 0 spiro atoms. The molecule has 2 amide bonds. The highest BCUT2D eigenvalue weighted by Crippen LogP contribution is 2.34. The molecule has 2 aromatic carbocycles. The number of ether oxygens (including phenoxy) is 4. The number of piperidine rings is 3. The topological polar surface area (TPSA) is 89.6 Å². The number of alkyl carbamates (subject to hydrolysis) is 1. The number of hydrogen-bond donors (Lipinski definition) is 1. The maximum atomic E-state index is 13.0. The second-order valence-electron chi connectivity index (χ2n) is 11.4. The Morgan fingerprint density at radius 3 is 2.41 bits per heavy atom. The molecule has 0 saturated carbocycles. The fourth-order valence-corrected chi connectivity index (χ4v) is 6.22. The number of benzene rings is 2. The Labute approximate surface area is 241 Å². The van der Waals surface area contributed by atoms with Crippen molar-refractivity contribution in [2.75, 3.05) is 52.5 Å². The zero-order chi connectivity index (χ0) is 28.1. The Kier molecular flexibility index (Phi) is 8.55. The van der Waals surface area contributed by atoms with Gasteiger partial charge in [-0.05, 0) is 67.6 Å². The van der Waals surface area contributed by atoms with E-state index in [1.165, 1.54) is 0 Å². The van der Waals surface area contributed by atoms with E-state index in [1.54, 1.807) is 17.1 Å². The van der Waals surface area contributed by atoms with E-state index < -0.39 is 11.6 Å². The minimum absolute atomic E-state index is 0.0658. The largest absolute Gasteiger partial charge is 0.494 e. The molecular weight excluding hydrogens is 522 g/mol. The summed E-state index contributed by atoms with van der Waals surface area (Å²) in [5.74, 6) is 1.13. The molecule has 0 aromatic heterocycles. The number of rotatable bonds is 10. The third kappa shape index (κ3) is 6.74. The molecule has 0 radical (unpaired) electrons. The summed E-state index contributed by atoms with van der Waals surface area (Å²) in [5, 5.41) is 3.13. The lowest BCUT2D eigenvalue weighted by atomic mass is 9.82. The summed E-state index contributed by atoms with van der Waals surface area (Å²) in [7, 11) is 0. The van der Waals surface area contributed by atoms with Crippen molar-refractivity contribution in [1.82, 2.24) is 15.1 Å². The first-order valence-electron chi connectivity index (χ1n) is 14.8. The third-order valence-corrected chi connectivity index (χ3v) is 8.60. The molecular formula is C32H39N3O6. The van der Waals surface area contributed by atoms with Crippen molar-refractivity contribution in [1.29, 1.82) is 0 Å². The molecule has 2 aromatic rings. The molecule has 5 fully saturated rings. The van der Waals surface area contributed by atoms with E-state index in [0.717, 1.165) is 62.2 Å². The van der Waals surface area contributed by atoms with E-state index in [1.807, 2.05) is 54.6 Å². The van der Waals surface area contributed by atoms with Crippen LogP contribution in [-0.4, -0.2) is 86.7 Å². The molecule has 0 aliphatic carbocycles. The van der Waals surface area contributed by atoms with Crippen molar-refractivity contribution in [3.05, 3.63) is 71.8 Å². The van der Waals surface area contributed by atoms with Crippen LogP contribution in [-0.2, 0) is 24.5 Å². The highest BCUT2D eigenvalue weighted by molar-refractivity contribution is 5.92. The van der Waals surface area contributed by atoms with Crippen LogP contribution < -0.4 is 10.1 Å². The number of fused-ring (bicyclic) bond motifs is 3. The van der Waals surface area contributed by atoms with Gasteiger partial charge < -0.3 is 29.2 Å². The van der Waals surface area contributed by atoms with Crippen molar-refractivity contribution in [3.63, 3.8) is 0 Å². The maximum Gasteiger partial charge on any atom is 0.408 e. The summed E-state index contributed by atoms with van der Waals surface area (Å²) in [5.41, 5.74) is 1.22. The Morgan fingerprint density at radius 2 is 1.73 bits per heavy atom. The van der Waals surface area contributed by atoms with Gasteiger partial charge in [-0.15, -0.1) is 0 Å². The van der Waals surface area contributed by atoms with E-state index in [0.29, 0.717) is 38.8 Å². The van der Waals surface area contributed by atoms with Crippen molar-refractivity contribution < 1.29 is 28.5 Å². The van der Waals surface area contributed by atoms with Gasteiger partial charge >= 0.3 is 6.09 Å². The maximum absolute atomic E-state index is 13.0. The first-order chi connectivity index (χ1) is 20.1. The van der Waals surface area contributed by atoms with Crippen molar-refractivity contribution in [2.45, 2.75) is 43.6 Å². The average Bonchev–Trinajstić information content (AvgIpc) is 3.51. The quantitative estimate of drug-likeness (QED) is 0.349. The Bertz CT molecular complexity index is 1200. The molecule has 1 N–H and O–H groups in total. The molecule has 0 unspecified atom stereocenters. The van der Waals surface area contributed by atoms with Crippen LogP contribution in [0.1, 0.15) is 36.8 Å². The van der Waals surface area contributed by atoms with Gasteiger partial charge in [0.2, 0.25) is 5.91 Å². The minimum atomic E-state index is -0.662. The Balaban J connectivity index is 0.999. The van der Waals surface area contributed by atoms with E-state index in [-0.39, 0.29) is 18.3 Å². The number of nitrogens with zero attached hydrogens (tertiary/aromatic N) is 2. The summed E-state index contributed by atoms with van der Waals surface area (Å²) >= 11 is 0. The third-order valence-electron chi connectivity index (χ3n) is 8.60. The summed E-state index contributed by atoms with van der Waals surface area (Å²) in [4.78, 5) is 30.1. The normalized spacial score (nSPS) is 25.2. The van der Waals surface area contributed by atoms with Crippen molar-refractivity contribution in [3.8, 4) is 5.75 Å². The van der Waals surface area contributed by atoms with Crippen LogP contribution >= 0.6 is 0 Å². The second-order valence-corrected chi connectivity index (χ2v) is 11.4. The number of hydrogen-bond acceptors (Lipinski definition) is 7. The fraction of sp³-hybridized carbons (Fsp3) is 0.500. The molecule has 5 aliphatic rings. The van der Waals surface area contributed by atoms with Gasteiger partial charge in [0.25, 0.3) is 0 Å². The first kappa shape index (κ1) is 27.8. The standard InChI is InChI=1S/C32H39N3O6/c36-29(13-10-24-8-11-27(12-9-24)38-18-4-7-30-39-19-20-40-30)35-22-32(23-35,26-5-2-1-3-6-26)33-31(37)41-28-21-34-16-14-25(28)15-17-34/h1-3,5-6,8-13,25,28,30H,4,7,14-23H2,(H,33,37)/b13-10+/t28-/m0/s1. The number of carbonyl (C=O) groups is 2. The molecule has 218 valence electrons. The molecule has 1 atom stereocenters. The zero-order valence-electron chi connectivity index (χ0n) is 23.4. The summed E-state index contributed by atoms with van der Waals surface area (Å²) in [6, 6.07) is 17.5. The molecule has 5 aliphatic heterocycles. The summed E-state index contributed by atoms with van der Waals surface area (Å²) in [6.07, 6.45) is 6.65. The first-order valence-corrected chi connectivity index (χ1v) is 14.8. The number of amides is 2. The van der Waals surface area contributed by atoms with E-state index in [9.17, 15) is 9.59 Å². The highest BCUT2D eigenvalue weighted by atomic mass is 16.7. The van der Waals surface area contributed by atoms with Gasteiger partial charge in [-0.3, -0.25) is 9.69 Å². The number of likely N-dealkylation sites (tertiary alicyclic amines) is 1. The van der Waals surface area contributed by atoms with Gasteiger partial charge in [0.05, 0.1) is 32.9 Å². The van der Waals surface area contributed by atoms with Crippen molar-refractivity contribution in [2.24, 2.45) is 5.92 Å². The second kappa shape index (κ2) is 12.6. The predicted octanol–water partition coefficient (Wildman–Crippen LogP) is 3.79. The number of nitrogens with one attached hydrogen (secondary N) is 1. The highest BCUT2D eigenvalue weighted by Gasteiger charge is 2.48. The van der Waals surface area contributed by atoms with Crippen LogP contribution in [0.2, 0.25) is 0 Å². The smallest absolute Gasteiger partial charge is 0.408 e. The van der Waals surface area contributed by atoms with Crippen LogP contribution in [0.3, 0.4) is 0 Å². The van der Waals surface area contributed by atoms with Gasteiger partial charge in [0, 0.05) is 19.0 Å². The lowest BCUT2D eigenvalue weighted by Gasteiger charge is -2.50. The number of carbonyl (C=O) groups excluding carboxylic acids is 2. The molecule has 2 bridgehead atoms. The molecule has 5 heterocycles. The average molecular weight is 562 g/mol. The fourth-order valence-electron chi connectivity index (χ4n) is 6.22. The molecule has 5 saturated heterocycles. The monoisotopic (exact) mass is 561 g/mol. The van der Waals surface area contributed by atoms with Crippen LogP contribution in [0, 0.1) is 5.92 Å². The molecule has 41 heavy (non-hydrogen) atoms. The predicted molar refractivity (Wildman–Crippen MR) is 153 cm³/mol. The van der Waals surface area contributed by atoms with Gasteiger partial charge in [-0.2, -0.15) is 0 Å². The summed E-state index contributed by atoms with van der Waals surface area (Å²) in [6.45, 7) is 5.70. The van der Waals surface area contributed by atoms with Crippen molar-refractivity contribution >= 4 is 18.1 Å². The lowest BCUT2D eigenvalue weighted by Crippen LogP contribution is -2.69. The van der Waals surface area contributed by atoms with Crippen LogP contribution in [0.25, 0.3) is 6.08 Å². The van der Waals surface area contributed by atoms with Gasteiger partial charge in [-0.25, -0.2) is 4.79 Å². The van der Waals surface area contributed by atoms with Gasteiger partial charge in [-0.1, -0.05) is 42.5 Å². The van der Waals surface area contributed by atoms with Gasteiger partial charge in [0.15, 0.2) is 6.29 Å². The van der Waals surface area contributed by atoms with E-state index in [2.05, 4.69) is 10.2 Å². The minimum Gasteiger partial charge on any atom is -0.494 e. The Morgan fingerprint density at radius 1 is 1.00 bits per heavy atom. The van der Waals surface area contributed by atoms with Crippen LogP contribution in [0.4, 0.5) is 4.79 Å². The van der Waals surface area contributed by atoms with Crippen LogP contribution in [0.15, 0.2) is 60.7 Å². The SMILES string of the molecule is O=C(NC1(c2ccccc2)CN(C(=O)/C=C/c2ccc(OCCCC3OCCO3)cc2)C1)O[C@H]1CN2CCC1CC2. The van der Waals surface area contributed by atoms with Crippen LogP contribution in [0.5, 0.6) is 5.75 Å². The van der Waals surface area contributed by atoms with E-state index in [4.69, 9.17) is 18.9 Å². The zero-order valence-corrected chi connectivity index (χ0v) is 23.4. The Hall–Kier alpha value is -3.40. The van der Waals surface area contributed by atoms with E-state index >= 15 is 0 Å². The van der Waals surface area contributed by atoms with Gasteiger partial charge in [0.1, 0.15) is 17.4 Å².